The summed E-state index contributed by atoms with van der Waals surface area (Å²) < 4.78 is 35.4. The predicted octanol–water partition coefficient (Wildman–Crippen LogP) is 3.51. The van der Waals surface area contributed by atoms with Crippen LogP contribution in [0.3, 0.4) is 0 Å². The lowest BCUT2D eigenvalue weighted by atomic mass is 9.98. The second-order valence-corrected chi connectivity index (χ2v) is 9.80. The molecule has 1 atom stereocenters. The molecular formula is C26H30N2O5S. The first-order valence-corrected chi connectivity index (χ1v) is 12.8. The number of ether oxygens (including phenoxy) is 2. The Morgan fingerprint density at radius 1 is 0.824 bits per heavy atom. The molecule has 180 valence electrons. The van der Waals surface area contributed by atoms with Crippen LogP contribution < -0.4 is 19.5 Å². The lowest BCUT2D eigenvalue weighted by molar-refractivity contribution is 0.0936. The Morgan fingerprint density at radius 3 is 1.88 bits per heavy atom. The van der Waals surface area contributed by atoms with Crippen molar-refractivity contribution in [2.75, 3.05) is 27.0 Å². The zero-order valence-electron chi connectivity index (χ0n) is 19.6. The number of carbonyl (C=O) groups excluding carboxylic acids is 1. The van der Waals surface area contributed by atoms with Gasteiger partial charge in [-0.25, -0.2) is 13.1 Å². The topological polar surface area (TPSA) is 93.7 Å². The van der Waals surface area contributed by atoms with E-state index in [1.807, 2.05) is 60.7 Å². The second kappa shape index (κ2) is 11.7. The Kier molecular flexibility index (Phi) is 8.67. The van der Waals surface area contributed by atoms with Crippen molar-refractivity contribution >= 4 is 15.9 Å². The second-order valence-electron chi connectivity index (χ2n) is 7.96. The number of carbonyl (C=O) groups is 1. The van der Waals surface area contributed by atoms with Gasteiger partial charge in [0.2, 0.25) is 10.0 Å². The molecule has 1 amide bonds. The number of hydrogen-bond donors (Lipinski definition) is 2. The quantitative estimate of drug-likeness (QED) is 0.436. The van der Waals surface area contributed by atoms with Gasteiger partial charge in [-0.1, -0.05) is 36.4 Å². The van der Waals surface area contributed by atoms with Gasteiger partial charge in [-0.15, -0.1) is 0 Å². The summed E-state index contributed by atoms with van der Waals surface area (Å²) in [6.07, 6.45) is 2.28. The van der Waals surface area contributed by atoms with Crippen molar-refractivity contribution in [2.24, 2.45) is 0 Å². The van der Waals surface area contributed by atoms with Crippen LogP contribution in [0.5, 0.6) is 11.5 Å². The van der Waals surface area contributed by atoms with Crippen LogP contribution in [0, 0.1) is 0 Å². The molecule has 0 aliphatic carbocycles. The minimum Gasteiger partial charge on any atom is -0.497 e. The normalized spacial score (nSPS) is 12.1. The van der Waals surface area contributed by atoms with E-state index in [2.05, 4.69) is 10.0 Å². The van der Waals surface area contributed by atoms with Crippen LogP contribution in [-0.4, -0.2) is 41.3 Å². The third kappa shape index (κ3) is 7.60. The van der Waals surface area contributed by atoms with Gasteiger partial charge in [0.25, 0.3) is 5.91 Å². The molecular weight excluding hydrogens is 452 g/mol. The molecule has 3 aromatic carbocycles. The lowest BCUT2D eigenvalue weighted by Gasteiger charge is -2.20. The number of hydrogen-bond acceptors (Lipinski definition) is 5. The van der Waals surface area contributed by atoms with Gasteiger partial charge >= 0.3 is 0 Å². The van der Waals surface area contributed by atoms with Crippen molar-refractivity contribution in [3.05, 3.63) is 95.1 Å². The molecule has 0 aromatic heterocycles. The van der Waals surface area contributed by atoms with Gasteiger partial charge in [0.05, 0.1) is 26.5 Å². The number of methoxy groups -OCH3 is 2. The molecule has 2 N–H and O–H groups in total. The van der Waals surface area contributed by atoms with Gasteiger partial charge in [-0.2, -0.15) is 0 Å². The maximum Gasteiger partial charge on any atom is 0.251 e. The third-order valence-corrected chi connectivity index (χ3v) is 6.14. The minimum atomic E-state index is -3.22. The molecule has 0 saturated heterocycles. The zero-order valence-corrected chi connectivity index (χ0v) is 20.4. The monoisotopic (exact) mass is 482 g/mol. The number of sulfonamides is 1. The van der Waals surface area contributed by atoms with E-state index in [4.69, 9.17) is 9.47 Å². The van der Waals surface area contributed by atoms with Crippen molar-refractivity contribution in [1.82, 2.24) is 10.0 Å². The Morgan fingerprint density at radius 2 is 1.35 bits per heavy atom. The van der Waals surface area contributed by atoms with Crippen LogP contribution in [0.15, 0.2) is 72.8 Å². The van der Waals surface area contributed by atoms with Crippen LogP contribution in [0.1, 0.15) is 33.1 Å². The molecule has 0 aliphatic heterocycles. The first kappa shape index (κ1) is 25.3. The van der Waals surface area contributed by atoms with Crippen molar-refractivity contribution in [3.63, 3.8) is 0 Å². The van der Waals surface area contributed by atoms with Gasteiger partial charge in [0.15, 0.2) is 0 Å². The fraction of sp³-hybridized carbons (Fsp3) is 0.269. The zero-order chi connectivity index (χ0) is 24.6. The molecule has 7 nitrogen and oxygen atoms in total. The summed E-state index contributed by atoms with van der Waals surface area (Å²) in [5, 5.41) is 3.14. The summed E-state index contributed by atoms with van der Waals surface area (Å²) in [4.78, 5) is 13.1. The van der Waals surface area contributed by atoms with E-state index in [-0.39, 0.29) is 11.9 Å². The fourth-order valence-corrected chi connectivity index (χ4v) is 4.00. The largest absolute Gasteiger partial charge is 0.497 e. The Hall–Kier alpha value is -3.36. The highest BCUT2D eigenvalue weighted by Crippen LogP contribution is 2.23. The smallest absolute Gasteiger partial charge is 0.251 e. The Balaban J connectivity index is 1.73. The SMILES string of the molecule is COc1ccc(CC(NC(=O)c2ccc(CCNS(C)(=O)=O)cc2)c2ccc(OC)cc2)cc1. The standard InChI is InChI=1S/C26H30N2O5S/c1-32-23-12-6-20(7-13-23)18-25(21-10-14-24(33-2)15-11-21)28-26(29)22-8-4-19(5-9-22)16-17-27-34(3,30)31/h4-15,25,27H,16-18H2,1-3H3,(H,28,29). The molecule has 3 aromatic rings. The fourth-order valence-electron chi connectivity index (χ4n) is 3.53. The minimum absolute atomic E-state index is 0.185. The van der Waals surface area contributed by atoms with E-state index < -0.39 is 10.0 Å². The lowest BCUT2D eigenvalue weighted by Crippen LogP contribution is -2.30. The van der Waals surface area contributed by atoms with Crippen molar-refractivity contribution in [1.29, 1.82) is 0 Å². The molecule has 0 spiro atoms. The number of amides is 1. The number of rotatable bonds is 11. The van der Waals surface area contributed by atoms with Gasteiger partial charge in [0.1, 0.15) is 11.5 Å². The van der Waals surface area contributed by atoms with Crippen molar-refractivity contribution in [3.8, 4) is 11.5 Å². The molecule has 0 aliphatic rings. The number of nitrogens with one attached hydrogen (secondary N) is 2. The molecule has 0 heterocycles. The Labute approximate surface area is 201 Å². The van der Waals surface area contributed by atoms with E-state index in [1.165, 1.54) is 0 Å². The Bertz CT molecular complexity index is 1180. The van der Waals surface area contributed by atoms with Crippen LogP contribution in [0.4, 0.5) is 0 Å². The third-order valence-electron chi connectivity index (χ3n) is 5.42. The number of benzene rings is 3. The maximum atomic E-state index is 13.1. The summed E-state index contributed by atoms with van der Waals surface area (Å²) >= 11 is 0. The summed E-state index contributed by atoms with van der Waals surface area (Å²) in [6, 6.07) is 22.4. The van der Waals surface area contributed by atoms with Crippen molar-refractivity contribution < 1.29 is 22.7 Å². The summed E-state index contributed by atoms with van der Waals surface area (Å²) in [6.45, 7) is 0.311. The highest BCUT2D eigenvalue weighted by atomic mass is 32.2. The van der Waals surface area contributed by atoms with Crippen LogP contribution in [0.25, 0.3) is 0 Å². The molecule has 0 radical (unpaired) electrons. The van der Waals surface area contributed by atoms with E-state index in [0.29, 0.717) is 24.9 Å². The average molecular weight is 483 g/mol. The van der Waals surface area contributed by atoms with E-state index >= 15 is 0 Å². The molecule has 1 unspecified atom stereocenters. The van der Waals surface area contributed by atoms with Crippen LogP contribution in [-0.2, 0) is 22.9 Å². The van der Waals surface area contributed by atoms with Gasteiger partial charge < -0.3 is 14.8 Å². The first-order chi connectivity index (χ1) is 16.3. The van der Waals surface area contributed by atoms with E-state index in [0.717, 1.165) is 34.4 Å². The molecule has 8 heteroatoms. The first-order valence-electron chi connectivity index (χ1n) is 10.9. The highest BCUT2D eigenvalue weighted by molar-refractivity contribution is 7.88. The van der Waals surface area contributed by atoms with Gasteiger partial charge in [-0.05, 0) is 65.9 Å². The summed E-state index contributed by atoms with van der Waals surface area (Å²) in [7, 11) is 0.0264. The van der Waals surface area contributed by atoms with Crippen molar-refractivity contribution in [2.45, 2.75) is 18.9 Å². The van der Waals surface area contributed by atoms with E-state index in [9.17, 15) is 13.2 Å². The predicted molar refractivity (Wildman–Crippen MR) is 133 cm³/mol. The highest BCUT2D eigenvalue weighted by Gasteiger charge is 2.17. The maximum absolute atomic E-state index is 13.1. The average Bonchev–Trinajstić information content (AvgIpc) is 2.84. The molecule has 3 rings (SSSR count). The molecule has 34 heavy (non-hydrogen) atoms. The molecule has 0 fully saturated rings. The molecule has 0 bridgehead atoms. The van der Waals surface area contributed by atoms with E-state index in [1.54, 1.807) is 26.4 Å². The van der Waals surface area contributed by atoms with Crippen LogP contribution >= 0.6 is 0 Å². The van der Waals surface area contributed by atoms with Crippen LogP contribution in [0.2, 0.25) is 0 Å². The van der Waals surface area contributed by atoms with Gasteiger partial charge in [0, 0.05) is 12.1 Å². The van der Waals surface area contributed by atoms with Gasteiger partial charge in [-0.3, -0.25) is 4.79 Å². The molecule has 0 saturated carbocycles. The summed E-state index contributed by atoms with van der Waals surface area (Å²) in [5.74, 6) is 1.34. The summed E-state index contributed by atoms with van der Waals surface area (Å²) in [5.41, 5.74) is 3.51.